The van der Waals surface area contributed by atoms with Crippen molar-refractivity contribution in [1.29, 1.82) is 0 Å². The van der Waals surface area contributed by atoms with Crippen LogP contribution in [0.3, 0.4) is 0 Å². The molecule has 47 heavy (non-hydrogen) atoms. The van der Waals surface area contributed by atoms with Crippen LogP contribution in [-0.2, 0) is 21.3 Å². The van der Waals surface area contributed by atoms with Crippen LogP contribution in [0.25, 0.3) is 0 Å². The molecule has 0 unspecified atom stereocenters. The fourth-order valence-corrected chi connectivity index (χ4v) is 6.96. The second kappa shape index (κ2) is 12.5. The minimum Gasteiger partial charge on any atom is -0.493 e. The van der Waals surface area contributed by atoms with Crippen molar-refractivity contribution < 1.29 is 14.3 Å². The van der Waals surface area contributed by atoms with Crippen LogP contribution < -0.4 is 4.74 Å². The van der Waals surface area contributed by atoms with E-state index in [0.717, 1.165) is 16.7 Å². The lowest BCUT2D eigenvalue weighted by Gasteiger charge is -2.48. The van der Waals surface area contributed by atoms with Gasteiger partial charge in [-0.3, -0.25) is 14.7 Å². The van der Waals surface area contributed by atoms with Crippen LogP contribution in [0.15, 0.2) is 71.7 Å². The molecule has 3 amide bonds. The lowest BCUT2D eigenvalue weighted by Crippen LogP contribution is -2.63. The number of nitrogens with zero attached hydrogens (tertiary/aromatic N) is 4. The Labute approximate surface area is 289 Å². The van der Waals surface area contributed by atoms with Crippen molar-refractivity contribution in [2.24, 2.45) is 4.99 Å². The monoisotopic (exact) mass is 676 g/mol. The van der Waals surface area contributed by atoms with Gasteiger partial charge in [0.25, 0.3) is 0 Å². The van der Waals surface area contributed by atoms with Gasteiger partial charge in [0.1, 0.15) is 29.2 Å². The molecule has 7 nitrogen and oxygen atoms in total. The van der Waals surface area contributed by atoms with Crippen molar-refractivity contribution in [3.05, 3.63) is 99.0 Å². The third-order valence-electron chi connectivity index (χ3n) is 9.63. The van der Waals surface area contributed by atoms with E-state index in [1.165, 1.54) is 0 Å². The quantitative estimate of drug-likeness (QED) is 0.272. The largest absolute Gasteiger partial charge is 0.493 e. The van der Waals surface area contributed by atoms with E-state index in [4.69, 9.17) is 32.9 Å². The molecule has 2 aliphatic rings. The number of amidine groups is 1. The SMILES string of the molecule is CCOc1cc(C(C)(C)C)ccc1C1=N[C@@](C)(c2ccc(Cl)cc2)[C@@](C)(c2ccc(Cl)cc2)N1C(=O)N1CCN(C(C)(C)C)C(=O)C1. The van der Waals surface area contributed by atoms with Gasteiger partial charge in [0, 0.05) is 28.7 Å². The van der Waals surface area contributed by atoms with Gasteiger partial charge in [0.05, 0.1) is 12.2 Å². The smallest absolute Gasteiger partial charge is 0.327 e. The van der Waals surface area contributed by atoms with E-state index in [-0.39, 0.29) is 29.4 Å². The summed E-state index contributed by atoms with van der Waals surface area (Å²) in [6, 6.07) is 21.0. The van der Waals surface area contributed by atoms with Crippen molar-refractivity contribution in [3.8, 4) is 5.75 Å². The van der Waals surface area contributed by atoms with E-state index in [9.17, 15) is 4.79 Å². The summed E-state index contributed by atoms with van der Waals surface area (Å²) in [5, 5.41) is 1.19. The standard InChI is InChI=1S/C38H46Cl2N4O3/c1-10-47-31-23-27(35(2,3)4)15-20-30(31)33-41-37(8,25-11-16-28(39)17-12-25)38(9,26-13-18-29(40)19-14-26)44(33)34(46)42-21-22-43(32(45)24-42)36(5,6)7/h11-20,23H,10,21-22,24H2,1-9H3/t37-,38+/m0/s1. The number of rotatable bonds is 5. The number of carbonyl (C=O) groups excluding carboxylic acids is 2. The minimum atomic E-state index is -1.06. The van der Waals surface area contributed by atoms with Gasteiger partial charge in [0.15, 0.2) is 0 Å². The topological polar surface area (TPSA) is 65.5 Å². The third-order valence-corrected chi connectivity index (χ3v) is 10.1. The molecule has 0 aromatic heterocycles. The molecule has 3 aromatic rings. The van der Waals surface area contributed by atoms with Gasteiger partial charge in [-0.1, -0.05) is 74.3 Å². The Kier molecular flexibility index (Phi) is 9.23. The highest BCUT2D eigenvalue weighted by Gasteiger charge is 2.60. The average Bonchev–Trinajstić information content (AvgIpc) is 3.24. The van der Waals surface area contributed by atoms with E-state index < -0.39 is 11.1 Å². The number of ether oxygens (including phenoxy) is 1. The van der Waals surface area contributed by atoms with Gasteiger partial charge < -0.3 is 14.5 Å². The molecule has 0 saturated carbocycles. The Balaban J connectivity index is 1.77. The summed E-state index contributed by atoms with van der Waals surface area (Å²) in [7, 11) is 0. The average molecular weight is 678 g/mol. The Morgan fingerprint density at radius 1 is 0.872 bits per heavy atom. The van der Waals surface area contributed by atoms with Crippen LogP contribution in [0.5, 0.6) is 5.75 Å². The van der Waals surface area contributed by atoms with E-state index in [0.29, 0.717) is 46.9 Å². The minimum absolute atomic E-state index is 0.0322. The van der Waals surface area contributed by atoms with Gasteiger partial charge in [-0.05, 0) is 100 Å². The predicted molar refractivity (Wildman–Crippen MR) is 191 cm³/mol. The molecule has 0 radical (unpaired) electrons. The Morgan fingerprint density at radius 3 is 1.96 bits per heavy atom. The third kappa shape index (κ3) is 6.25. The van der Waals surface area contributed by atoms with Crippen LogP contribution in [0, 0.1) is 0 Å². The molecule has 0 spiro atoms. The molecule has 2 atom stereocenters. The maximum absolute atomic E-state index is 15.1. The van der Waals surface area contributed by atoms with Gasteiger partial charge in [-0.25, -0.2) is 4.79 Å². The number of amides is 3. The summed E-state index contributed by atoms with van der Waals surface area (Å²) < 4.78 is 6.28. The molecule has 5 rings (SSSR count). The number of aliphatic imine (C=N–C) groups is 1. The van der Waals surface area contributed by atoms with Crippen molar-refractivity contribution in [1.82, 2.24) is 14.7 Å². The summed E-state index contributed by atoms with van der Waals surface area (Å²) in [6.45, 7) is 19.8. The Morgan fingerprint density at radius 2 is 1.45 bits per heavy atom. The van der Waals surface area contributed by atoms with Crippen molar-refractivity contribution >= 4 is 41.0 Å². The molecule has 0 bridgehead atoms. The summed E-state index contributed by atoms with van der Waals surface area (Å²) in [4.78, 5) is 39.4. The molecule has 1 fully saturated rings. The van der Waals surface area contributed by atoms with Crippen LogP contribution >= 0.6 is 23.2 Å². The van der Waals surface area contributed by atoms with E-state index in [1.807, 2.05) is 107 Å². The van der Waals surface area contributed by atoms with Gasteiger partial charge in [-0.2, -0.15) is 0 Å². The second-order valence-corrected chi connectivity index (χ2v) is 15.6. The molecule has 0 aliphatic carbocycles. The van der Waals surface area contributed by atoms with E-state index in [1.54, 1.807) is 9.80 Å². The molecular weight excluding hydrogens is 631 g/mol. The summed E-state index contributed by atoms with van der Waals surface area (Å²) in [6.07, 6.45) is 0. The Hall–Kier alpha value is -3.55. The van der Waals surface area contributed by atoms with Gasteiger partial charge in [-0.15, -0.1) is 0 Å². The first-order valence-electron chi connectivity index (χ1n) is 16.2. The highest BCUT2D eigenvalue weighted by Crippen LogP contribution is 2.54. The Bertz CT molecular complexity index is 1690. The fraction of sp³-hybridized carbons (Fsp3) is 0.447. The van der Waals surface area contributed by atoms with Crippen LogP contribution in [0.2, 0.25) is 10.0 Å². The van der Waals surface area contributed by atoms with Crippen LogP contribution in [0.1, 0.15) is 84.6 Å². The first-order chi connectivity index (χ1) is 21.9. The fourth-order valence-electron chi connectivity index (χ4n) is 6.70. The molecule has 2 heterocycles. The first kappa shape index (κ1) is 34.8. The zero-order chi connectivity index (χ0) is 34.5. The molecule has 9 heteroatoms. The maximum Gasteiger partial charge on any atom is 0.327 e. The van der Waals surface area contributed by atoms with Crippen molar-refractivity contribution in [3.63, 3.8) is 0 Å². The van der Waals surface area contributed by atoms with Gasteiger partial charge >= 0.3 is 6.03 Å². The highest BCUT2D eigenvalue weighted by molar-refractivity contribution is 6.30. The summed E-state index contributed by atoms with van der Waals surface area (Å²) >= 11 is 12.8. The molecule has 250 valence electrons. The lowest BCUT2D eigenvalue weighted by atomic mass is 9.71. The molecule has 0 N–H and O–H groups in total. The zero-order valence-electron chi connectivity index (χ0n) is 28.9. The number of urea groups is 1. The predicted octanol–water partition coefficient (Wildman–Crippen LogP) is 8.65. The zero-order valence-corrected chi connectivity index (χ0v) is 30.5. The van der Waals surface area contributed by atoms with E-state index in [2.05, 4.69) is 26.8 Å². The normalized spacial score (nSPS) is 22.1. The number of hydrogen-bond donors (Lipinski definition) is 0. The summed E-state index contributed by atoms with van der Waals surface area (Å²) in [5.74, 6) is 1.02. The molecular formula is C38H46Cl2N4O3. The van der Waals surface area contributed by atoms with Crippen molar-refractivity contribution in [2.45, 2.75) is 84.3 Å². The number of hydrogen-bond acceptors (Lipinski definition) is 4. The number of piperazine rings is 1. The van der Waals surface area contributed by atoms with Crippen LogP contribution in [-0.4, -0.2) is 64.3 Å². The molecule has 2 aliphatic heterocycles. The number of halogens is 2. The van der Waals surface area contributed by atoms with Gasteiger partial charge in [0.2, 0.25) is 5.91 Å². The summed E-state index contributed by atoms with van der Waals surface area (Å²) in [5.41, 5.74) is 1.00. The van der Waals surface area contributed by atoms with E-state index >= 15 is 4.79 Å². The van der Waals surface area contributed by atoms with Crippen LogP contribution in [0.4, 0.5) is 4.79 Å². The number of benzene rings is 3. The van der Waals surface area contributed by atoms with Crippen molar-refractivity contribution in [2.75, 3.05) is 26.2 Å². The lowest BCUT2D eigenvalue weighted by molar-refractivity contribution is -0.140. The molecule has 1 saturated heterocycles. The first-order valence-corrected chi connectivity index (χ1v) is 17.0. The second-order valence-electron chi connectivity index (χ2n) is 14.7. The number of carbonyl (C=O) groups is 2. The highest BCUT2D eigenvalue weighted by atomic mass is 35.5. The maximum atomic E-state index is 15.1. The molecule has 3 aromatic carbocycles.